The molecule has 23 heavy (non-hydrogen) atoms. The van der Waals surface area contributed by atoms with Gasteiger partial charge >= 0.3 is 0 Å². The average molecular weight is 333 g/mol. The number of likely N-dealkylation sites (N-methyl/N-ethyl adjacent to an activating group) is 1. The van der Waals surface area contributed by atoms with Crippen LogP contribution in [-0.4, -0.2) is 33.6 Å². The van der Waals surface area contributed by atoms with Gasteiger partial charge in [0.1, 0.15) is 0 Å². The molecular weight excluding hydrogens is 310 g/mol. The second-order valence-corrected chi connectivity index (χ2v) is 6.82. The fraction of sp³-hybridized carbons (Fsp3) is 0.222. The van der Waals surface area contributed by atoms with E-state index in [0.29, 0.717) is 5.56 Å². The van der Waals surface area contributed by atoms with Gasteiger partial charge in [0, 0.05) is 0 Å². The molecule has 2 aromatic carbocycles. The lowest BCUT2D eigenvalue weighted by molar-refractivity contribution is -0.851. The average Bonchev–Trinajstić information content (AvgIpc) is 2.48. The van der Waals surface area contributed by atoms with Gasteiger partial charge in [-0.1, -0.05) is 66.7 Å². The molecule has 0 atom stereocenters. The summed E-state index contributed by atoms with van der Waals surface area (Å²) in [5.74, 6) is -0.423. The van der Waals surface area contributed by atoms with Gasteiger partial charge in [0.05, 0.1) is 36.5 Å². The largest absolute Gasteiger partial charge is 0.748 e. The summed E-state index contributed by atoms with van der Waals surface area (Å²) < 4.78 is 30.7. The number of nitrogens with one attached hydrogen (secondary N) is 1. The van der Waals surface area contributed by atoms with E-state index >= 15 is 0 Å². The summed E-state index contributed by atoms with van der Waals surface area (Å²) in [6, 6.07) is 18.7. The molecule has 124 valence electrons. The fourth-order valence-electron chi connectivity index (χ4n) is 1.77. The van der Waals surface area contributed by atoms with Gasteiger partial charge in [-0.25, -0.2) is 8.42 Å². The van der Waals surface area contributed by atoms with Gasteiger partial charge in [-0.3, -0.25) is 0 Å². The molecule has 0 bridgehead atoms. The summed E-state index contributed by atoms with van der Waals surface area (Å²) in [7, 11) is 0.169. The molecule has 5 heteroatoms. The molecule has 0 fully saturated rings. The van der Waals surface area contributed by atoms with E-state index in [-0.39, 0.29) is 0 Å². The second-order valence-electron chi connectivity index (χ2n) is 5.41. The molecule has 0 heterocycles. The molecule has 0 aromatic heterocycles. The maximum atomic E-state index is 10.2. The first-order valence-electron chi connectivity index (χ1n) is 7.35. The van der Waals surface area contributed by atoms with Crippen molar-refractivity contribution >= 4 is 16.2 Å². The zero-order valence-corrected chi connectivity index (χ0v) is 14.3. The van der Waals surface area contributed by atoms with Crippen LogP contribution in [0.5, 0.6) is 0 Å². The highest BCUT2D eigenvalue weighted by molar-refractivity contribution is 7.84. The second kappa shape index (κ2) is 9.94. The molecule has 0 aliphatic carbocycles. The van der Waals surface area contributed by atoms with Gasteiger partial charge in [-0.05, 0) is 17.2 Å². The van der Waals surface area contributed by atoms with Gasteiger partial charge in [0.15, 0.2) is 0 Å². The molecule has 0 spiro atoms. The summed E-state index contributed by atoms with van der Waals surface area (Å²) in [6.45, 7) is 1.08. The van der Waals surface area contributed by atoms with E-state index in [0.717, 1.165) is 6.54 Å². The number of hydrogen-bond acceptors (Lipinski definition) is 3. The molecule has 1 N–H and O–H groups in total. The van der Waals surface area contributed by atoms with Gasteiger partial charge in [-0.15, -0.1) is 0 Å². The van der Waals surface area contributed by atoms with E-state index in [9.17, 15) is 13.0 Å². The van der Waals surface area contributed by atoms with Crippen LogP contribution < -0.4 is 4.90 Å². The third kappa shape index (κ3) is 10.4. The van der Waals surface area contributed by atoms with Crippen LogP contribution in [-0.2, 0) is 15.9 Å². The lowest BCUT2D eigenvalue weighted by atomic mass is 10.2. The molecule has 2 rings (SSSR count). The Morgan fingerprint density at radius 2 is 1.48 bits per heavy atom. The Morgan fingerprint density at radius 3 is 1.96 bits per heavy atom. The topological polar surface area (TPSA) is 61.6 Å². The summed E-state index contributed by atoms with van der Waals surface area (Å²) in [6.07, 6.45) is 4.36. The minimum absolute atomic E-state index is 0.423. The number of quaternary nitrogens is 1. The van der Waals surface area contributed by atoms with Crippen LogP contribution in [0.25, 0.3) is 6.08 Å². The van der Waals surface area contributed by atoms with Gasteiger partial charge < -0.3 is 9.45 Å². The fourth-order valence-corrected chi connectivity index (χ4v) is 2.37. The van der Waals surface area contributed by atoms with Crippen molar-refractivity contribution in [2.75, 3.05) is 20.6 Å². The Kier molecular flexibility index (Phi) is 8.26. The highest BCUT2D eigenvalue weighted by Crippen LogP contribution is 2.02. The van der Waals surface area contributed by atoms with Gasteiger partial charge in [0.2, 0.25) is 0 Å². The van der Waals surface area contributed by atoms with Gasteiger partial charge in [0.25, 0.3) is 0 Å². The van der Waals surface area contributed by atoms with E-state index in [1.54, 1.807) is 30.3 Å². The quantitative estimate of drug-likeness (QED) is 0.845. The van der Waals surface area contributed by atoms with Crippen LogP contribution in [0.1, 0.15) is 11.1 Å². The molecule has 0 aliphatic rings. The maximum absolute atomic E-state index is 10.2. The van der Waals surface area contributed by atoms with Crippen LogP contribution in [0.2, 0.25) is 0 Å². The predicted molar refractivity (Wildman–Crippen MR) is 93.0 cm³/mol. The molecule has 0 saturated heterocycles. The van der Waals surface area contributed by atoms with Crippen molar-refractivity contribution < 1.29 is 17.9 Å². The molecule has 0 amide bonds. The molecule has 0 unspecified atom stereocenters. The Labute approximate surface area is 138 Å². The standard InChI is InChI=1S/C11H15N.C7H8O3S/c1-12(2)10-6-9-11-7-4-3-5-8-11;8-11(9,10)6-7-4-2-1-3-5-7/h3-9H,10H2,1-2H3;1-5H,6H2,(H,8,9,10). The summed E-state index contributed by atoms with van der Waals surface area (Å²) >= 11 is 0. The zero-order valence-electron chi connectivity index (χ0n) is 13.5. The smallest absolute Gasteiger partial charge is 0.0988 e. The third-order valence-electron chi connectivity index (χ3n) is 2.82. The first-order valence-corrected chi connectivity index (χ1v) is 8.92. The Bertz CT molecular complexity index is 681. The van der Waals surface area contributed by atoms with E-state index in [4.69, 9.17) is 0 Å². The molecule has 0 radical (unpaired) electrons. The number of benzene rings is 2. The van der Waals surface area contributed by atoms with Crippen molar-refractivity contribution in [2.24, 2.45) is 0 Å². The minimum atomic E-state index is -4.13. The minimum Gasteiger partial charge on any atom is -0.748 e. The van der Waals surface area contributed by atoms with Crippen molar-refractivity contribution in [3.05, 3.63) is 77.9 Å². The monoisotopic (exact) mass is 333 g/mol. The van der Waals surface area contributed by atoms with Crippen LogP contribution in [0, 0.1) is 0 Å². The van der Waals surface area contributed by atoms with E-state index in [1.807, 2.05) is 6.07 Å². The van der Waals surface area contributed by atoms with Crippen molar-refractivity contribution in [3.8, 4) is 0 Å². The lowest BCUT2D eigenvalue weighted by Crippen LogP contribution is -3.05. The third-order valence-corrected chi connectivity index (χ3v) is 3.51. The van der Waals surface area contributed by atoms with E-state index < -0.39 is 15.9 Å². The zero-order chi connectivity index (χ0) is 17.1. The van der Waals surface area contributed by atoms with Crippen molar-refractivity contribution in [2.45, 2.75) is 5.75 Å². The Hall–Kier alpha value is -1.95. The van der Waals surface area contributed by atoms with Crippen LogP contribution in [0.4, 0.5) is 0 Å². The first kappa shape index (κ1) is 19.1. The van der Waals surface area contributed by atoms with Crippen LogP contribution in [0.3, 0.4) is 0 Å². The molecule has 4 nitrogen and oxygen atoms in total. The SMILES string of the molecule is C[NH+](C)CC=Cc1ccccc1.O=S(=O)([O-])Cc1ccccc1. The van der Waals surface area contributed by atoms with E-state index in [2.05, 4.69) is 50.5 Å². The number of hydrogen-bond donors (Lipinski definition) is 1. The van der Waals surface area contributed by atoms with Crippen molar-refractivity contribution in [1.82, 2.24) is 0 Å². The highest BCUT2D eigenvalue weighted by atomic mass is 32.2. The summed E-state index contributed by atoms with van der Waals surface area (Å²) in [5, 5.41) is 0. The number of rotatable bonds is 5. The first-order chi connectivity index (χ1) is 10.9. The molecule has 0 saturated carbocycles. The van der Waals surface area contributed by atoms with Crippen LogP contribution in [0.15, 0.2) is 66.7 Å². The van der Waals surface area contributed by atoms with Gasteiger partial charge in [-0.2, -0.15) is 0 Å². The van der Waals surface area contributed by atoms with Crippen molar-refractivity contribution in [1.29, 1.82) is 0 Å². The maximum Gasteiger partial charge on any atom is 0.0988 e. The summed E-state index contributed by atoms with van der Waals surface area (Å²) in [5.41, 5.74) is 1.81. The Balaban J connectivity index is 0.000000231. The normalized spacial score (nSPS) is 11.3. The highest BCUT2D eigenvalue weighted by Gasteiger charge is 1.96. The lowest BCUT2D eigenvalue weighted by Gasteiger charge is -2.05. The Morgan fingerprint density at radius 1 is 0.957 bits per heavy atom. The molecule has 2 aromatic rings. The van der Waals surface area contributed by atoms with Crippen molar-refractivity contribution in [3.63, 3.8) is 0 Å². The predicted octanol–water partition coefficient (Wildman–Crippen LogP) is 1.58. The van der Waals surface area contributed by atoms with E-state index in [1.165, 1.54) is 10.5 Å². The molecule has 0 aliphatic heterocycles. The van der Waals surface area contributed by atoms with Crippen LogP contribution >= 0.6 is 0 Å². The molecular formula is C18H23NO3S. The summed E-state index contributed by atoms with van der Waals surface area (Å²) in [4.78, 5) is 1.45.